The molecule has 0 radical (unpaired) electrons. The van der Waals surface area contributed by atoms with E-state index >= 15 is 0 Å². The molecule has 5 heteroatoms. The molecule has 0 saturated carbocycles. The second-order valence-corrected chi connectivity index (χ2v) is 7.35. The Bertz CT molecular complexity index is 513. The van der Waals surface area contributed by atoms with Crippen LogP contribution in [0.1, 0.15) is 40.5 Å². The van der Waals surface area contributed by atoms with E-state index in [1.807, 2.05) is 0 Å². The van der Waals surface area contributed by atoms with E-state index < -0.39 is 0 Å². The van der Waals surface area contributed by atoms with Crippen LogP contribution in [0.5, 0.6) is 0 Å². The van der Waals surface area contributed by atoms with Gasteiger partial charge in [-0.1, -0.05) is 12.1 Å². The van der Waals surface area contributed by atoms with E-state index in [9.17, 15) is 5.11 Å². The second kappa shape index (κ2) is 5.55. The first-order valence-electron chi connectivity index (χ1n) is 8.17. The van der Waals surface area contributed by atoms with E-state index in [0.717, 1.165) is 30.5 Å². The summed E-state index contributed by atoms with van der Waals surface area (Å²) in [5.74, 6) is 0. The third-order valence-electron chi connectivity index (χ3n) is 5.34. The number of hydrogen-bond acceptors (Lipinski definition) is 4. The molecule has 120 valence electrons. The molecule has 2 saturated heterocycles. The lowest BCUT2D eigenvalue weighted by Gasteiger charge is -2.32. The molecule has 1 aromatic rings. The van der Waals surface area contributed by atoms with Gasteiger partial charge in [0.2, 0.25) is 0 Å². The monoisotopic (exact) mass is 303 g/mol. The van der Waals surface area contributed by atoms with Gasteiger partial charge in [0.1, 0.15) is 0 Å². The molecule has 0 amide bonds. The molecule has 2 aliphatic rings. The molecule has 3 rings (SSSR count). The predicted octanol–water partition coefficient (Wildman–Crippen LogP) is 1.95. The van der Waals surface area contributed by atoms with Crippen LogP contribution in [-0.4, -0.2) is 42.6 Å². The summed E-state index contributed by atoms with van der Waals surface area (Å²) in [5, 5.41) is 9.46. The zero-order valence-corrected chi connectivity index (χ0v) is 14.0. The fraction of sp³-hybridized carbons (Fsp3) is 0.647. The van der Waals surface area contributed by atoms with Crippen molar-refractivity contribution in [3.63, 3.8) is 0 Å². The molecule has 0 spiro atoms. The summed E-state index contributed by atoms with van der Waals surface area (Å²) >= 11 is 0. The molecule has 0 aromatic heterocycles. The Morgan fingerprint density at radius 3 is 2.27 bits per heavy atom. The topological polar surface area (TPSA) is 41.9 Å². The van der Waals surface area contributed by atoms with Gasteiger partial charge >= 0.3 is 7.12 Å². The zero-order valence-electron chi connectivity index (χ0n) is 14.0. The third kappa shape index (κ3) is 2.66. The van der Waals surface area contributed by atoms with Crippen LogP contribution in [0.3, 0.4) is 0 Å². The van der Waals surface area contributed by atoms with Crippen molar-refractivity contribution in [1.82, 2.24) is 0 Å². The number of hydrogen-bond donors (Lipinski definition) is 1. The van der Waals surface area contributed by atoms with Crippen molar-refractivity contribution in [2.24, 2.45) is 0 Å². The highest BCUT2D eigenvalue weighted by Gasteiger charge is 2.51. The van der Waals surface area contributed by atoms with Gasteiger partial charge in [0.05, 0.1) is 23.9 Å². The van der Waals surface area contributed by atoms with E-state index in [4.69, 9.17) is 9.31 Å². The molecule has 22 heavy (non-hydrogen) atoms. The minimum Gasteiger partial charge on any atom is -0.399 e. The molecule has 0 aliphatic carbocycles. The van der Waals surface area contributed by atoms with Crippen LogP contribution in [0.15, 0.2) is 24.3 Å². The summed E-state index contributed by atoms with van der Waals surface area (Å²) < 4.78 is 12.2. The van der Waals surface area contributed by atoms with Crippen molar-refractivity contribution < 1.29 is 14.4 Å². The van der Waals surface area contributed by atoms with Crippen molar-refractivity contribution in [2.45, 2.75) is 57.8 Å². The third-order valence-corrected chi connectivity index (χ3v) is 5.34. The van der Waals surface area contributed by atoms with Gasteiger partial charge in [0.25, 0.3) is 0 Å². The van der Waals surface area contributed by atoms with E-state index in [1.54, 1.807) is 0 Å². The Morgan fingerprint density at radius 2 is 1.73 bits per heavy atom. The van der Waals surface area contributed by atoms with Gasteiger partial charge in [-0.05, 0) is 58.1 Å². The number of anilines is 1. The first kappa shape index (κ1) is 15.8. The Kier molecular flexibility index (Phi) is 4.00. The molecule has 1 aromatic carbocycles. The van der Waals surface area contributed by atoms with Crippen LogP contribution >= 0.6 is 0 Å². The molecular formula is C17H26BNO3. The number of aliphatic hydroxyl groups excluding tert-OH is 1. The highest BCUT2D eigenvalue weighted by Crippen LogP contribution is 2.36. The normalized spacial score (nSPS) is 26.7. The summed E-state index contributed by atoms with van der Waals surface area (Å²) in [6, 6.07) is 8.61. The average molecular weight is 303 g/mol. The lowest BCUT2D eigenvalue weighted by Crippen LogP contribution is -2.41. The summed E-state index contributed by atoms with van der Waals surface area (Å²) in [4.78, 5) is 2.29. The minimum atomic E-state index is -0.314. The van der Waals surface area contributed by atoms with E-state index in [0.29, 0.717) is 0 Å². The van der Waals surface area contributed by atoms with Crippen molar-refractivity contribution in [3.8, 4) is 0 Å². The van der Waals surface area contributed by atoms with Crippen molar-refractivity contribution >= 4 is 18.3 Å². The van der Waals surface area contributed by atoms with Crippen molar-refractivity contribution in [2.75, 3.05) is 18.1 Å². The van der Waals surface area contributed by atoms with Gasteiger partial charge in [-0.15, -0.1) is 0 Å². The molecule has 1 atom stereocenters. The Labute approximate surface area is 133 Å². The van der Waals surface area contributed by atoms with Crippen LogP contribution in [0.2, 0.25) is 0 Å². The van der Waals surface area contributed by atoms with Crippen LogP contribution < -0.4 is 10.4 Å². The smallest absolute Gasteiger partial charge is 0.399 e. The summed E-state index contributed by atoms with van der Waals surface area (Å²) in [5.41, 5.74) is 1.58. The largest absolute Gasteiger partial charge is 0.494 e. The predicted molar refractivity (Wildman–Crippen MR) is 89.6 cm³/mol. The molecule has 2 fully saturated rings. The molecule has 0 unspecified atom stereocenters. The fourth-order valence-corrected chi connectivity index (χ4v) is 3.17. The van der Waals surface area contributed by atoms with Crippen molar-refractivity contribution in [3.05, 3.63) is 24.3 Å². The molecular weight excluding hydrogens is 277 g/mol. The second-order valence-electron chi connectivity index (χ2n) is 7.35. The van der Waals surface area contributed by atoms with Crippen LogP contribution in [0.25, 0.3) is 0 Å². The summed E-state index contributed by atoms with van der Waals surface area (Å²) in [6.45, 7) is 9.50. The van der Waals surface area contributed by atoms with Crippen LogP contribution in [0.4, 0.5) is 5.69 Å². The Balaban J connectivity index is 1.75. The maximum atomic E-state index is 9.46. The maximum Gasteiger partial charge on any atom is 0.494 e. The van der Waals surface area contributed by atoms with E-state index in [-0.39, 0.29) is 31.0 Å². The van der Waals surface area contributed by atoms with E-state index in [2.05, 4.69) is 56.9 Å². The maximum absolute atomic E-state index is 9.46. The number of aliphatic hydroxyl groups is 1. The highest BCUT2D eigenvalue weighted by atomic mass is 16.7. The highest BCUT2D eigenvalue weighted by molar-refractivity contribution is 6.62. The SMILES string of the molecule is CC1(C)OB(c2ccc(N3CCC[C@H]3CO)cc2)OC1(C)C. The summed E-state index contributed by atoms with van der Waals surface area (Å²) in [6.07, 6.45) is 2.21. The van der Waals surface area contributed by atoms with Gasteiger partial charge in [-0.25, -0.2) is 0 Å². The molecule has 0 bridgehead atoms. The number of nitrogens with zero attached hydrogens (tertiary/aromatic N) is 1. The van der Waals surface area contributed by atoms with Gasteiger partial charge in [-0.3, -0.25) is 0 Å². The number of benzene rings is 1. The van der Waals surface area contributed by atoms with E-state index in [1.165, 1.54) is 0 Å². The quantitative estimate of drug-likeness (QED) is 0.867. The number of rotatable bonds is 3. The Hall–Kier alpha value is -1.04. The fourth-order valence-electron chi connectivity index (χ4n) is 3.17. The van der Waals surface area contributed by atoms with Gasteiger partial charge in [0.15, 0.2) is 0 Å². The minimum absolute atomic E-state index is 0.221. The molecule has 2 aliphatic heterocycles. The zero-order chi connectivity index (χ0) is 16.0. The van der Waals surface area contributed by atoms with Crippen molar-refractivity contribution in [1.29, 1.82) is 0 Å². The molecule has 4 nitrogen and oxygen atoms in total. The average Bonchev–Trinajstić information content (AvgIpc) is 3.02. The lowest BCUT2D eigenvalue weighted by molar-refractivity contribution is 0.00578. The van der Waals surface area contributed by atoms with Crippen LogP contribution in [0, 0.1) is 0 Å². The molecule has 2 heterocycles. The lowest BCUT2D eigenvalue weighted by atomic mass is 9.79. The standard InChI is InChI=1S/C17H26BNO3/c1-16(2)17(3,4)22-18(21-16)13-7-9-14(10-8-13)19-11-5-6-15(19)12-20/h7-10,15,20H,5-6,11-12H2,1-4H3/t15-/m0/s1. The van der Waals surface area contributed by atoms with Gasteiger partial charge < -0.3 is 19.3 Å². The van der Waals surface area contributed by atoms with Gasteiger partial charge in [0, 0.05) is 12.2 Å². The summed E-state index contributed by atoms with van der Waals surface area (Å²) in [7, 11) is -0.314. The first-order valence-corrected chi connectivity index (χ1v) is 8.17. The first-order chi connectivity index (χ1) is 10.3. The molecule has 1 N–H and O–H groups in total. The van der Waals surface area contributed by atoms with Gasteiger partial charge in [-0.2, -0.15) is 0 Å². The van der Waals surface area contributed by atoms with Crippen LogP contribution in [-0.2, 0) is 9.31 Å². The Morgan fingerprint density at radius 1 is 1.14 bits per heavy atom.